The highest BCUT2D eigenvalue weighted by Crippen LogP contribution is 2.46. The maximum absolute atomic E-state index is 13.3. The van der Waals surface area contributed by atoms with E-state index in [0.29, 0.717) is 13.0 Å². The van der Waals surface area contributed by atoms with Gasteiger partial charge in [0.15, 0.2) is 0 Å². The second kappa shape index (κ2) is 8.69. The first-order chi connectivity index (χ1) is 13.2. The van der Waals surface area contributed by atoms with Gasteiger partial charge in [-0.2, -0.15) is 0 Å². The van der Waals surface area contributed by atoms with Crippen LogP contribution < -0.4 is 10.1 Å². The number of methoxy groups -OCH3 is 1. The number of carbonyl (C=O) groups is 1. The molecule has 2 atom stereocenters. The molecule has 0 bridgehead atoms. The van der Waals surface area contributed by atoms with E-state index < -0.39 is 5.41 Å². The fraction of sp³-hybridized carbons (Fsp3) is 0.261. The smallest absolute Gasteiger partial charge is 0.231 e. The molecule has 2 N–H and O–H groups in total. The first-order valence-corrected chi connectivity index (χ1v) is 9.13. The Morgan fingerprint density at radius 3 is 2.59 bits per heavy atom. The summed E-state index contributed by atoms with van der Waals surface area (Å²) in [5.41, 5.74) is 1.10. The van der Waals surface area contributed by atoms with Crippen LogP contribution in [0.4, 0.5) is 0 Å². The zero-order valence-corrected chi connectivity index (χ0v) is 15.5. The number of allylic oxidation sites excluding steroid dienone is 3. The van der Waals surface area contributed by atoms with E-state index in [1.165, 1.54) is 0 Å². The van der Waals surface area contributed by atoms with Crippen LogP contribution in [0.5, 0.6) is 5.75 Å². The lowest BCUT2D eigenvalue weighted by Crippen LogP contribution is -2.44. The third-order valence-electron chi connectivity index (χ3n) is 5.08. The normalized spacial score (nSPS) is 21.0. The number of rotatable bonds is 7. The van der Waals surface area contributed by atoms with Crippen LogP contribution in [0, 0.1) is 5.41 Å². The zero-order valence-electron chi connectivity index (χ0n) is 15.5. The number of ether oxygens (including phenoxy) is 1. The molecule has 3 rings (SSSR count). The van der Waals surface area contributed by atoms with Crippen molar-refractivity contribution in [2.24, 2.45) is 5.41 Å². The van der Waals surface area contributed by atoms with Crippen LogP contribution in [0.2, 0.25) is 0 Å². The van der Waals surface area contributed by atoms with E-state index in [-0.39, 0.29) is 18.4 Å². The van der Waals surface area contributed by atoms with Crippen molar-refractivity contribution in [3.8, 4) is 5.75 Å². The summed E-state index contributed by atoms with van der Waals surface area (Å²) in [6.07, 6.45) is 8.06. The highest BCUT2D eigenvalue weighted by molar-refractivity contribution is 5.87. The fourth-order valence-corrected chi connectivity index (χ4v) is 3.68. The van der Waals surface area contributed by atoms with Gasteiger partial charge in [-0.15, -0.1) is 0 Å². The summed E-state index contributed by atoms with van der Waals surface area (Å²) < 4.78 is 5.53. The average Bonchev–Trinajstić information content (AvgIpc) is 2.73. The Hall–Kier alpha value is -2.85. The van der Waals surface area contributed by atoms with E-state index in [4.69, 9.17) is 4.74 Å². The van der Waals surface area contributed by atoms with Gasteiger partial charge in [-0.25, -0.2) is 0 Å². The van der Waals surface area contributed by atoms with Crippen LogP contribution in [0.25, 0.3) is 0 Å². The van der Waals surface area contributed by atoms with Crippen LogP contribution in [-0.4, -0.2) is 24.7 Å². The summed E-state index contributed by atoms with van der Waals surface area (Å²) >= 11 is 0. The van der Waals surface area contributed by atoms with E-state index in [1.807, 2.05) is 78.9 Å². The van der Waals surface area contributed by atoms with E-state index in [1.54, 1.807) is 7.11 Å². The highest BCUT2D eigenvalue weighted by atomic mass is 16.5. The van der Waals surface area contributed by atoms with Gasteiger partial charge in [0.25, 0.3) is 0 Å². The molecule has 1 amide bonds. The molecule has 0 aliphatic heterocycles. The molecule has 0 saturated carbocycles. The Kier molecular flexibility index (Phi) is 6.09. The first kappa shape index (κ1) is 18.9. The monoisotopic (exact) mass is 363 g/mol. The second-order valence-corrected chi connectivity index (χ2v) is 6.65. The fourth-order valence-electron chi connectivity index (χ4n) is 3.68. The van der Waals surface area contributed by atoms with Gasteiger partial charge >= 0.3 is 0 Å². The van der Waals surface area contributed by atoms with Gasteiger partial charge in [0, 0.05) is 24.6 Å². The second-order valence-electron chi connectivity index (χ2n) is 6.65. The molecule has 0 radical (unpaired) electrons. The minimum atomic E-state index is -0.868. The van der Waals surface area contributed by atoms with Crippen molar-refractivity contribution in [3.05, 3.63) is 90.0 Å². The van der Waals surface area contributed by atoms with Gasteiger partial charge in [0.05, 0.1) is 12.5 Å². The Morgan fingerprint density at radius 1 is 1.11 bits per heavy atom. The molecule has 4 nitrogen and oxygen atoms in total. The van der Waals surface area contributed by atoms with E-state index >= 15 is 0 Å². The SMILES string of the molecule is COc1ccccc1C1C=CC=CC1(CCO)C(=O)NCc1ccccc1. The minimum absolute atomic E-state index is 0.0808. The first-order valence-electron chi connectivity index (χ1n) is 9.13. The van der Waals surface area contributed by atoms with Crippen molar-refractivity contribution in [1.29, 1.82) is 0 Å². The van der Waals surface area contributed by atoms with E-state index in [9.17, 15) is 9.90 Å². The Bertz CT molecular complexity index is 829. The number of hydrogen-bond donors (Lipinski definition) is 2. The molecule has 0 aromatic heterocycles. The largest absolute Gasteiger partial charge is 0.496 e. The van der Waals surface area contributed by atoms with Crippen molar-refractivity contribution in [1.82, 2.24) is 5.32 Å². The summed E-state index contributed by atoms with van der Waals surface area (Å²) in [4.78, 5) is 13.3. The molecule has 2 aromatic carbocycles. The van der Waals surface area contributed by atoms with E-state index in [0.717, 1.165) is 16.9 Å². The van der Waals surface area contributed by atoms with Crippen LogP contribution in [0.3, 0.4) is 0 Å². The molecule has 2 unspecified atom stereocenters. The Balaban J connectivity index is 1.93. The Morgan fingerprint density at radius 2 is 1.85 bits per heavy atom. The minimum Gasteiger partial charge on any atom is -0.496 e. The van der Waals surface area contributed by atoms with E-state index in [2.05, 4.69) is 5.32 Å². The third kappa shape index (κ3) is 3.96. The summed E-state index contributed by atoms with van der Waals surface area (Å²) in [5.74, 6) is 0.416. The van der Waals surface area contributed by atoms with Gasteiger partial charge < -0.3 is 15.2 Å². The number of nitrogens with one attached hydrogen (secondary N) is 1. The molecular weight excluding hydrogens is 338 g/mol. The van der Waals surface area contributed by atoms with Gasteiger partial charge in [-0.1, -0.05) is 72.8 Å². The highest BCUT2D eigenvalue weighted by Gasteiger charge is 2.44. The van der Waals surface area contributed by atoms with Crippen LogP contribution in [0.15, 0.2) is 78.9 Å². The third-order valence-corrected chi connectivity index (χ3v) is 5.08. The molecule has 2 aromatic rings. The van der Waals surface area contributed by atoms with Crippen LogP contribution in [0.1, 0.15) is 23.5 Å². The van der Waals surface area contributed by atoms with Gasteiger partial charge in [-0.3, -0.25) is 4.79 Å². The van der Waals surface area contributed by atoms with Crippen molar-refractivity contribution in [2.75, 3.05) is 13.7 Å². The molecule has 140 valence electrons. The predicted octanol–water partition coefficient (Wildman–Crippen LogP) is 3.59. The lowest BCUT2D eigenvalue weighted by Gasteiger charge is -2.37. The maximum Gasteiger partial charge on any atom is 0.231 e. The average molecular weight is 363 g/mol. The molecule has 0 spiro atoms. The number of benzene rings is 2. The summed E-state index contributed by atoms with van der Waals surface area (Å²) in [6.45, 7) is 0.367. The molecule has 0 heterocycles. The summed E-state index contributed by atoms with van der Waals surface area (Å²) in [5, 5.41) is 12.8. The molecule has 4 heteroatoms. The molecule has 0 saturated heterocycles. The van der Waals surface area contributed by atoms with Gasteiger partial charge in [0.2, 0.25) is 5.91 Å². The number of aliphatic hydroxyl groups is 1. The lowest BCUT2D eigenvalue weighted by atomic mass is 9.67. The van der Waals surface area contributed by atoms with Crippen LogP contribution in [-0.2, 0) is 11.3 Å². The van der Waals surface area contributed by atoms with Crippen molar-refractivity contribution in [3.63, 3.8) is 0 Å². The number of amides is 1. The van der Waals surface area contributed by atoms with Crippen LogP contribution >= 0.6 is 0 Å². The van der Waals surface area contributed by atoms with Gasteiger partial charge in [0.1, 0.15) is 5.75 Å². The number of carbonyl (C=O) groups excluding carboxylic acids is 1. The zero-order chi connectivity index (χ0) is 19.1. The lowest BCUT2D eigenvalue weighted by molar-refractivity contribution is -0.130. The standard InChI is InChI=1S/C23H25NO3/c1-27-21-13-6-5-11-19(21)20-12-7-8-14-23(20,15-16-25)22(26)24-17-18-9-3-2-4-10-18/h2-14,20,25H,15-17H2,1H3,(H,24,26). The van der Waals surface area contributed by atoms with Crippen molar-refractivity contribution in [2.45, 2.75) is 18.9 Å². The number of hydrogen-bond acceptors (Lipinski definition) is 3. The molecule has 27 heavy (non-hydrogen) atoms. The Labute approximate surface area is 160 Å². The topological polar surface area (TPSA) is 58.6 Å². The maximum atomic E-state index is 13.3. The summed E-state index contributed by atoms with van der Waals surface area (Å²) in [6, 6.07) is 17.5. The van der Waals surface area contributed by atoms with Crippen molar-refractivity contribution >= 4 is 5.91 Å². The number of para-hydroxylation sites is 1. The molecular formula is C23H25NO3. The quantitative estimate of drug-likeness (QED) is 0.790. The summed E-state index contributed by atoms with van der Waals surface area (Å²) in [7, 11) is 1.63. The molecule has 0 fully saturated rings. The van der Waals surface area contributed by atoms with Gasteiger partial charge in [-0.05, 0) is 18.1 Å². The molecule has 1 aliphatic carbocycles. The number of aliphatic hydroxyl groups excluding tert-OH is 1. The van der Waals surface area contributed by atoms with Crippen molar-refractivity contribution < 1.29 is 14.6 Å². The predicted molar refractivity (Wildman–Crippen MR) is 106 cm³/mol. The molecule has 1 aliphatic rings.